The highest BCUT2D eigenvalue weighted by Crippen LogP contribution is 2.28. The molecule has 106 valence electrons. The van der Waals surface area contributed by atoms with Gasteiger partial charge in [-0.05, 0) is 25.7 Å². The van der Waals surface area contributed by atoms with Crippen molar-refractivity contribution in [2.75, 3.05) is 25.1 Å². The fourth-order valence-electron chi connectivity index (χ4n) is 1.97. The number of aromatic nitrogens is 2. The van der Waals surface area contributed by atoms with E-state index in [1.807, 2.05) is 13.0 Å². The van der Waals surface area contributed by atoms with Gasteiger partial charge in [0.2, 0.25) is 5.88 Å². The molecule has 0 aromatic carbocycles. The molecule has 1 N–H and O–H groups in total. The Hall–Kier alpha value is -1.36. The molecule has 1 unspecified atom stereocenters. The molecule has 0 saturated carbocycles. The monoisotopic (exact) mass is 265 g/mol. The molecule has 0 radical (unpaired) electrons. The lowest BCUT2D eigenvalue weighted by Gasteiger charge is -2.14. The quantitative estimate of drug-likeness (QED) is 0.857. The molecular formula is C14H23N3O2. The molecule has 0 bridgehead atoms. The van der Waals surface area contributed by atoms with Crippen molar-refractivity contribution in [1.82, 2.24) is 9.97 Å². The van der Waals surface area contributed by atoms with E-state index in [4.69, 9.17) is 9.47 Å². The van der Waals surface area contributed by atoms with Crippen LogP contribution in [0.15, 0.2) is 6.07 Å². The van der Waals surface area contributed by atoms with Crippen molar-refractivity contribution in [3.8, 4) is 5.88 Å². The van der Waals surface area contributed by atoms with Gasteiger partial charge in [0.1, 0.15) is 11.9 Å². The van der Waals surface area contributed by atoms with Gasteiger partial charge in [0.05, 0.1) is 6.61 Å². The van der Waals surface area contributed by atoms with Gasteiger partial charge in [0.15, 0.2) is 5.82 Å². The van der Waals surface area contributed by atoms with Crippen LogP contribution in [0.2, 0.25) is 0 Å². The van der Waals surface area contributed by atoms with E-state index in [2.05, 4.69) is 29.1 Å². The molecule has 0 aliphatic carbocycles. The first-order valence-corrected chi connectivity index (χ1v) is 7.06. The van der Waals surface area contributed by atoms with Crippen LogP contribution in [0.4, 0.5) is 5.82 Å². The molecule has 1 aliphatic rings. The summed E-state index contributed by atoms with van der Waals surface area (Å²) >= 11 is 0. The molecule has 2 rings (SSSR count). The first-order valence-electron chi connectivity index (χ1n) is 7.06. The maximum absolute atomic E-state index is 5.71. The van der Waals surface area contributed by atoms with E-state index < -0.39 is 0 Å². The largest absolute Gasteiger partial charge is 0.477 e. The first-order chi connectivity index (χ1) is 9.19. The van der Waals surface area contributed by atoms with Gasteiger partial charge in [0.25, 0.3) is 0 Å². The van der Waals surface area contributed by atoms with Gasteiger partial charge in [-0.25, -0.2) is 4.98 Å². The van der Waals surface area contributed by atoms with Crippen molar-refractivity contribution >= 4 is 5.82 Å². The van der Waals surface area contributed by atoms with Crippen molar-refractivity contribution < 1.29 is 9.47 Å². The lowest BCUT2D eigenvalue weighted by molar-refractivity contribution is 0.104. The molecule has 0 amide bonds. The van der Waals surface area contributed by atoms with Gasteiger partial charge < -0.3 is 14.8 Å². The average molecular weight is 265 g/mol. The summed E-state index contributed by atoms with van der Waals surface area (Å²) in [4.78, 5) is 8.98. The fourth-order valence-corrected chi connectivity index (χ4v) is 1.97. The SMILES string of the molecule is CCNc1cc(OCC(C)C)nc(C2CCCO2)n1. The van der Waals surface area contributed by atoms with Crippen LogP contribution in [-0.2, 0) is 4.74 Å². The summed E-state index contributed by atoms with van der Waals surface area (Å²) < 4.78 is 11.4. The van der Waals surface area contributed by atoms with Crippen LogP contribution in [0.5, 0.6) is 5.88 Å². The number of hydrogen-bond acceptors (Lipinski definition) is 5. The third-order valence-electron chi connectivity index (χ3n) is 2.86. The number of anilines is 1. The van der Waals surface area contributed by atoms with Gasteiger partial charge in [0, 0.05) is 19.2 Å². The molecular weight excluding hydrogens is 242 g/mol. The molecule has 1 aromatic heterocycles. The minimum atomic E-state index is 0.0139. The molecule has 0 spiro atoms. The topological polar surface area (TPSA) is 56.3 Å². The summed E-state index contributed by atoms with van der Waals surface area (Å²) in [5, 5.41) is 3.21. The Morgan fingerprint density at radius 1 is 1.47 bits per heavy atom. The van der Waals surface area contributed by atoms with Crippen molar-refractivity contribution in [2.45, 2.75) is 39.7 Å². The third-order valence-corrected chi connectivity index (χ3v) is 2.86. The highest BCUT2D eigenvalue weighted by molar-refractivity contribution is 5.38. The van der Waals surface area contributed by atoms with Crippen LogP contribution < -0.4 is 10.1 Å². The predicted molar refractivity (Wildman–Crippen MR) is 74.5 cm³/mol. The molecule has 5 heteroatoms. The van der Waals surface area contributed by atoms with Crippen molar-refractivity contribution in [2.24, 2.45) is 5.92 Å². The molecule has 1 atom stereocenters. The number of nitrogens with zero attached hydrogens (tertiary/aromatic N) is 2. The summed E-state index contributed by atoms with van der Waals surface area (Å²) in [5.41, 5.74) is 0. The lowest BCUT2D eigenvalue weighted by Crippen LogP contribution is -2.11. The van der Waals surface area contributed by atoms with Gasteiger partial charge in [-0.2, -0.15) is 4.98 Å². The molecule has 5 nitrogen and oxygen atoms in total. The Labute approximate surface area is 114 Å². The summed E-state index contributed by atoms with van der Waals surface area (Å²) in [6, 6.07) is 1.85. The summed E-state index contributed by atoms with van der Waals surface area (Å²) in [6.45, 7) is 8.56. The predicted octanol–water partition coefficient (Wildman–Crippen LogP) is 2.79. The van der Waals surface area contributed by atoms with E-state index in [1.54, 1.807) is 0 Å². The second kappa shape index (κ2) is 6.70. The van der Waals surface area contributed by atoms with Gasteiger partial charge in [-0.15, -0.1) is 0 Å². The standard InChI is InChI=1S/C14H23N3O2/c1-4-15-12-8-13(19-9-10(2)3)17-14(16-12)11-6-5-7-18-11/h8,10-11H,4-7,9H2,1-3H3,(H,15,16,17). The number of nitrogens with one attached hydrogen (secondary N) is 1. The van der Waals surface area contributed by atoms with Gasteiger partial charge in [-0.1, -0.05) is 13.8 Å². The number of rotatable bonds is 6. The maximum Gasteiger partial charge on any atom is 0.218 e. The van der Waals surface area contributed by atoms with Crippen LogP contribution in [0.3, 0.4) is 0 Å². The summed E-state index contributed by atoms with van der Waals surface area (Å²) in [7, 11) is 0. The zero-order chi connectivity index (χ0) is 13.7. The molecule has 1 fully saturated rings. The average Bonchev–Trinajstić information content (AvgIpc) is 2.90. The van der Waals surface area contributed by atoms with E-state index in [0.29, 0.717) is 18.4 Å². The Bertz CT molecular complexity index is 404. The second-order valence-corrected chi connectivity index (χ2v) is 5.19. The van der Waals surface area contributed by atoms with E-state index in [0.717, 1.165) is 37.6 Å². The minimum absolute atomic E-state index is 0.0139. The van der Waals surface area contributed by atoms with Gasteiger partial charge >= 0.3 is 0 Å². The van der Waals surface area contributed by atoms with Crippen molar-refractivity contribution in [3.63, 3.8) is 0 Å². The molecule has 2 heterocycles. The van der Waals surface area contributed by atoms with E-state index in [1.165, 1.54) is 0 Å². The Kier molecular flexibility index (Phi) is 4.96. The number of ether oxygens (including phenoxy) is 2. The van der Waals surface area contributed by atoms with Crippen LogP contribution >= 0.6 is 0 Å². The normalized spacial score (nSPS) is 18.8. The Balaban J connectivity index is 2.16. The molecule has 1 saturated heterocycles. The van der Waals surface area contributed by atoms with E-state index in [9.17, 15) is 0 Å². The third kappa shape index (κ3) is 4.06. The fraction of sp³-hybridized carbons (Fsp3) is 0.714. The van der Waals surface area contributed by atoms with Gasteiger partial charge in [-0.3, -0.25) is 0 Å². The molecule has 1 aromatic rings. The number of hydrogen-bond donors (Lipinski definition) is 1. The summed E-state index contributed by atoms with van der Waals surface area (Å²) in [5.74, 6) is 2.64. The zero-order valence-corrected chi connectivity index (χ0v) is 12.0. The minimum Gasteiger partial charge on any atom is -0.477 e. The van der Waals surface area contributed by atoms with E-state index >= 15 is 0 Å². The smallest absolute Gasteiger partial charge is 0.218 e. The highest BCUT2D eigenvalue weighted by Gasteiger charge is 2.22. The zero-order valence-electron chi connectivity index (χ0n) is 12.0. The van der Waals surface area contributed by atoms with Crippen LogP contribution in [0.1, 0.15) is 45.5 Å². The Morgan fingerprint density at radius 3 is 2.95 bits per heavy atom. The molecule has 19 heavy (non-hydrogen) atoms. The maximum atomic E-state index is 5.71. The second-order valence-electron chi connectivity index (χ2n) is 5.19. The van der Waals surface area contributed by atoms with Crippen LogP contribution in [0, 0.1) is 5.92 Å². The van der Waals surface area contributed by atoms with Crippen molar-refractivity contribution in [3.05, 3.63) is 11.9 Å². The highest BCUT2D eigenvalue weighted by atomic mass is 16.5. The van der Waals surface area contributed by atoms with Crippen LogP contribution in [0.25, 0.3) is 0 Å². The summed E-state index contributed by atoms with van der Waals surface area (Å²) in [6.07, 6.45) is 2.07. The molecule has 1 aliphatic heterocycles. The Morgan fingerprint density at radius 2 is 2.32 bits per heavy atom. The van der Waals surface area contributed by atoms with E-state index in [-0.39, 0.29) is 6.10 Å². The van der Waals surface area contributed by atoms with Crippen LogP contribution in [-0.4, -0.2) is 29.7 Å². The lowest BCUT2D eigenvalue weighted by atomic mass is 10.2. The van der Waals surface area contributed by atoms with Crippen molar-refractivity contribution in [1.29, 1.82) is 0 Å². The first kappa shape index (κ1) is 14.1.